The number of quaternary nitrogens is 1. The first kappa shape index (κ1) is 27.3. The Labute approximate surface area is 224 Å². The summed E-state index contributed by atoms with van der Waals surface area (Å²) in [6.07, 6.45) is 3.30. The maximum Gasteiger partial charge on any atom is 0.307 e. The molecular formula is C30H40N3O3S+. The second kappa shape index (κ2) is 10.5. The fourth-order valence-electron chi connectivity index (χ4n) is 5.06. The number of rotatable bonds is 9. The van der Waals surface area contributed by atoms with Crippen molar-refractivity contribution in [3.8, 4) is 0 Å². The normalized spacial score (nSPS) is 15.0. The second-order valence-electron chi connectivity index (χ2n) is 12.4. The highest BCUT2D eigenvalue weighted by molar-refractivity contribution is 7.18. The van der Waals surface area contributed by atoms with Gasteiger partial charge in [0.1, 0.15) is 10.6 Å². The van der Waals surface area contributed by atoms with Crippen LogP contribution in [0.5, 0.6) is 0 Å². The van der Waals surface area contributed by atoms with E-state index >= 15 is 0 Å². The van der Waals surface area contributed by atoms with Crippen molar-refractivity contribution < 1.29 is 18.8 Å². The molecule has 1 aliphatic rings. The van der Waals surface area contributed by atoms with Crippen LogP contribution < -0.4 is 5.32 Å². The number of benzene rings is 2. The Kier molecular flexibility index (Phi) is 7.77. The minimum absolute atomic E-state index is 0.0568. The predicted molar refractivity (Wildman–Crippen MR) is 149 cm³/mol. The molecule has 37 heavy (non-hydrogen) atoms. The number of amides is 1. The Bertz CT molecular complexity index is 1260. The molecule has 0 bridgehead atoms. The number of carbonyl (C=O) groups excluding carboxylic acids is 2. The van der Waals surface area contributed by atoms with Crippen LogP contribution in [0.25, 0.3) is 10.2 Å². The van der Waals surface area contributed by atoms with Gasteiger partial charge in [0.25, 0.3) is 0 Å². The zero-order valence-corrected chi connectivity index (χ0v) is 23.8. The summed E-state index contributed by atoms with van der Waals surface area (Å²) in [4.78, 5) is 31.2. The van der Waals surface area contributed by atoms with Crippen LogP contribution in [0.2, 0.25) is 0 Å². The molecule has 4 rings (SSSR count). The van der Waals surface area contributed by atoms with Crippen LogP contribution in [-0.4, -0.2) is 54.6 Å². The molecule has 0 saturated heterocycles. The summed E-state index contributed by atoms with van der Waals surface area (Å²) in [6.45, 7) is 7.03. The molecule has 0 spiro atoms. The first-order valence-electron chi connectivity index (χ1n) is 13.1. The number of nitrogens with one attached hydrogen (secondary N) is 1. The number of esters is 1. The van der Waals surface area contributed by atoms with Crippen LogP contribution >= 0.6 is 11.3 Å². The quantitative estimate of drug-likeness (QED) is 0.315. The van der Waals surface area contributed by atoms with E-state index in [9.17, 15) is 9.59 Å². The molecule has 0 unspecified atom stereocenters. The van der Waals surface area contributed by atoms with Crippen molar-refractivity contribution in [1.82, 2.24) is 10.3 Å². The Hall–Kier alpha value is -2.77. The van der Waals surface area contributed by atoms with E-state index in [1.165, 1.54) is 5.56 Å². The lowest BCUT2D eigenvalue weighted by Crippen LogP contribution is -2.44. The molecule has 6 nitrogen and oxygen atoms in total. The van der Waals surface area contributed by atoms with Gasteiger partial charge in [0.05, 0.1) is 56.3 Å². The smallest absolute Gasteiger partial charge is 0.307 e. The third-order valence-corrected chi connectivity index (χ3v) is 7.77. The molecule has 1 heterocycles. The van der Waals surface area contributed by atoms with Gasteiger partial charge in [-0.1, -0.05) is 30.3 Å². The maximum absolute atomic E-state index is 13.6. The number of hydrogen-bond donors (Lipinski definition) is 1. The van der Waals surface area contributed by atoms with Gasteiger partial charge in [0.2, 0.25) is 5.91 Å². The number of aromatic nitrogens is 1. The molecule has 0 aliphatic heterocycles. The molecule has 0 fully saturated rings. The Morgan fingerprint density at radius 3 is 2.38 bits per heavy atom. The predicted octanol–water partition coefficient (Wildman–Crippen LogP) is 5.07. The van der Waals surface area contributed by atoms with Gasteiger partial charge in [-0.15, -0.1) is 11.3 Å². The molecule has 1 amide bonds. The van der Waals surface area contributed by atoms with Gasteiger partial charge in [-0.25, -0.2) is 4.98 Å². The van der Waals surface area contributed by atoms with Crippen LogP contribution in [-0.2, 0) is 40.1 Å². The molecule has 198 valence electrons. The molecular weight excluding hydrogens is 482 g/mol. The van der Waals surface area contributed by atoms with Crippen LogP contribution in [0.15, 0.2) is 42.5 Å². The van der Waals surface area contributed by atoms with Crippen LogP contribution in [0.4, 0.5) is 0 Å². The fourth-order valence-corrected chi connectivity index (χ4v) is 6.03. The zero-order valence-electron chi connectivity index (χ0n) is 23.0. The van der Waals surface area contributed by atoms with Crippen molar-refractivity contribution in [3.05, 3.63) is 64.2 Å². The number of nitrogens with zero attached hydrogens (tertiary/aromatic N) is 2. The highest BCUT2D eigenvalue weighted by Gasteiger charge is 2.46. The molecule has 3 aromatic rings. The van der Waals surface area contributed by atoms with Gasteiger partial charge < -0.3 is 14.5 Å². The highest BCUT2D eigenvalue weighted by atomic mass is 32.1. The summed E-state index contributed by atoms with van der Waals surface area (Å²) < 4.78 is 7.71. The van der Waals surface area contributed by atoms with Crippen molar-refractivity contribution in [2.45, 2.75) is 65.0 Å². The number of hydrogen-bond acceptors (Lipinski definition) is 5. The molecule has 2 aromatic carbocycles. The number of carbonyl (C=O) groups is 2. The van der Waals surface area contributed by atoms with Gasteiger partial charge in [-0.3, -0.25) is 9.59 Å². The molecule has 1 aliphatic carbocycles. The van der Waals surface area contributed by atoms with Crippen molar-refractivity contribution >= 4 is 33.4 Å². The summed E-state index contributed by atoms with van der Waals surface area (Å²) in [5.74, 6) is -0.456. The molecule has 7 heteroatoms. The lowest BCUT2D eigenvalue weighted by Gasteiger charge is -2.28. The minimum Gasteiger partial charge on any atom is -0.460 e. The van der Waals surface area contributed by atoms with Crippen molar-refractivity contribution in [3.63, 3.8) is 0 Å². The van der Waals surface area contributed by atoms with E-state index in [0.717, 1.165) is 50.2 Å². The van der Waals surface area contributed by atoms with E-state index in [-0.39, 0.29) is 18.3 Å². The molecule has 0 radical (unpaired) electrons. The fraction of sp³-hybridized carbons (Fsp3) is 0.500. The second-order valence-corrected chi connectivity index (χ2v) is 13.5. The van der Waals surface area contributed by atoms with Gasteiger partial charge >= 0.3 is 5.97 Å². The Morgan fingerprint density at radius 2 is 1.76 bits per heavy atom. The number of fused-ring (bicyclic) bond motifs is 2. The topological polar surface area (TPSA) is 68.3 Å². The molecule has 0 saturated carbocycles. The maximum atomic E-state index is 13.6. The standard InChI is InChI=1S/C30H39N3O3S/c1-29(2,3)36-27(34)19-30(17-22-11-7-8-12-23(22)18-30)28(35)31-20-26-32-24-14-13-21(16-25(24)37-26)10-9-15-33(4,5)6/h7-8,11-14,16H,9-10,15,17-20H2,1-6H3/p+1. The zero-order chi connectivity index (χ0) is 26.8. The Morgan fingerprint density at radius 1 is 1.08 bits per heavy atom. The van der Waals surface area contributed by atoms with Gasteiger partial charge in [-0.2, -0.15) is 0 Å². The van der Waals surface area contributed by atoms with Crippen LogP contribution in [0.1, 0.15) is 55.3 Å². The highest BCUT2D eigenvalue weighted by Crippen LogP contribution is 2.41. The van der Waals surface area contributed by atoms with Crippen molar-refractivity contribution in [1.29, 1.82) is 0 Å². The van der Waals surface area contributed by atoms with Crippen LogP contribution in [0.3, 0.4) is 0 Å². The van der Waals surface area contributed by atoms with E-state index in [1.54, 1.807) is 11.3 Å². The average molecular weight is 523 g/mol. The lowest BCUT2D eigenvalue weighted by atomic mass is 9.80. The third-order valence-electron chi connectivity index (χ3n) is 6.75. The first-order chi connectivity index (χ1) is 17.3. The van der Waals surface area contributed by atoms with Crippen molar-refractivity contribution in [2.24, 2.45) is 5.41 Å². The number of thiazole rings is 1. The monoisotopic (exact) mass is 522 g/mol. The van der Waals surface area contributed by atoms with E-state index in [2.05, 4.69) is 44.7 Å². The van der Waals surface area contributed by atoms with E-state index in [0.29, 0.717) is 19.4 Å². The average Bonchev–Trinajstić information content (AvgIpc) is 3.36. The summed E-state index contributed by atoms with van der Waals surface area (Å²) >= 11 is 1.62. The lowest BCUT2D eigenvalue weighted by molar-refractivity contribution is -0.870. The molecule has 1 N–H and O–H groups in total. The summed E-state index contributed by atoms with van der Waals surface area (Å²) in [7, 11) is 6.65. The minimum atomic E-state index is -0.846. The number of aryl methyl sites for hydroxylation is 1. The largest absolute Gasteiger partial charge is 0.460 e. The van der Waals surface area contributed by atoms with Gasteiger partial charge in [-0.05, 0) is 68.9 Å². The number of ether oxygens (including phenoxy) is 1. The van der Waals surface area contributed by atoms with Gasteiger partial charge in [0, 0.05) is 6.42 Å². The van der Waals surface area contributed by atoms with Gasteiger partial charge in [0.15, 0.2) is 0 Å². The summed E-state index contributed by atoms with van der Waals surface area (Å²) in [6, 6.07) is 14.5. The third kappa shape index (κ3) is 7.17. The van der Waals surface area contributed by atoms with E-state index < -0.39 is 11.0 Å². The van der Waals surface area contributed by atoms with Crippen molar-refractivity contribution in [2.75, 3.05) is 27.7 Å². The van der Waals surface area contributed by atoms with E-state index in [4.69, 9.17) is 9.72 Å². The van der Waals surface area contributed by atoms with Crippen LogP contribution in [0, 0.1) is 5.41 Å². The summed E-state index contributed by atoms with van der Waals surface area (Å²) in [5.41, 5.74) is 3.09. The molecule has 0 atom stereocenters. The van der Waals surface area contributed by atoms with E-state index in [1.807, 2.05) is 45.0 Å². The summed E-state index contributed by atoms with van der Waals surface area (Å²) in [5, 5.41) is 3.98. The molecule has 1 aromatic heterocycles. The first-order valence-corrected chi connectivity index (χ1v) is 13.9. The SMILES string of the molecule is CC(C)(C)OC(=O)CC1(C(=O)NCc2nc3ccc(CCC[N+](C)(C)C)cc3s2)Cc2ccccc2C1. The Balaban J connectivity index is 1.45.